The molecule has 0 aliphatic rings. The Balaban J connectivity index is 3.17. The molecule has 0 spiro atoms. The van der Waals surface area contributed by atoms with Crippen LogP contribution in [0.25, 0.3) is 0 Å². The monoisotopic (exact) mass is 250 g/mol. The van der Waals surface area contributed by atoms with Gasteiger partial charge in [0.15, 0.2) is 0 Å². The molecule has 76 valence electrons. The molecule has 1 aromatic rings. The molecule has 0 saturated carbocycles. The minimum Gasteiger partial charge on any atom is -0.324 e. The summed E-state index contributed by atoms with van der Waals surface area (Å²) in [5, 5.41) is 0.952. The van der Waals surface area contributed by atoms with Gasteiger partial charge >= 0.3 is 0 Å². The molecule has 14 heavy (non-hydrogen) atoms. The lowest BCUT2D eigenvalue weighted by Gasteiger charge is -2.13. The molecular formula is C9H9Cl3N2. The largest absolute Gasteiger partial charge is 0.324 e. The fraction of sp³-hybridized carbons (Fsp3) is 0.222. The Morgan fingerprint density at radius 3 is 2.71 bits per heavy atom. The summed E-state index contributed by atoms with van der Waals surface area (Å²) in [5.74, 6) is 0. The Bertz CT molecular complexity index is 352. The summed E-state index contributed by atoms with van der Waals surface area (Å²) in [6.45, 7) is 3.59. The molecule has 0 radical (unpaired) electrons. The standard InChI is InChI=1S/C9H9Cl3N2/c1-2-3-6(13)7-5(10)4-14-9(12)8(7)11/h2,4,6H,1,3,13H2/t6-/m1/s1. The third-order valence-corrected chi connectivity index (χ3v) is 2.82. The summed E-state index contributed by atoms with van der Waals surface area (Å²) in [6, 6.07) is -0.298. The van der Waals surface area contributed by atoms with Gasteiger partial charge in [0.05, 0.1) is 10.0 Å². The summed E-state index contributed by atoms with van der Waals surface area (Å²) in [5.41, 5.74) is 6.47. The smallest absolute Gasteiger partial charge is 0.148 e. The molecule has 0 aromatic carbocycles. The van der Waals surface area contributed by atoms with E-state index in [-0.39, 0.29) is 11.2 Å². The quantitative estimate of drug-likeness (QED) is 0.658. The lowest BCUT2D eigenvalue weighted by atomic mass is 10.1. The molecular weight excluding hydrogens is 242 g/mol. The van der Waals surface area contributed by atoms with E-state index in [1.54, 1.807) is 6.08 Å². The van der Waals surface area contributed by atoms with Gasteiger partial charge < -0.3 is 5.73 Å². The zero-order valence-electron chi connectivity index (χ0n) is 7.30. The molecule has 1 rings (SSSR count). The minimum absolute atomic E-state index is 0.213. The van der Waals surface area contributed by atoms with Gasteiger partial charge in [-0.1, -0.05) is 40.9 Å². The zero-order valence-corrected chi connectivity index (χ0v) is 9.57. The van der Waals surface area contributed by atoms with E-state index in [4.69, 9.17) is 40.5 Å². The van der Waals surface area contributed by atoms with E-state index in [2.05, 4.69) is 11.6 Å². The van der Waals surface area contributed by atoms with E-state index in [9.17, 15) is 0 Å². The minimum atomic E-state index is -0.298. The lowest BCUT2D eigenvalue weighted by Crippen LogP contribution is -2.10. The Hall–Kier alpha value is -0.280. The molecule has 0 unspecified atom stereocenters. The maximum atomic E-state index is 5.94. The van der Waals surface area contributed by atoms with Crippen LogP contribution in [0.2, 0.25) is 15.2 Å². The van der Waals surface area contributed by atoms with Gasteiger partial charge in [0.25, 0.3) is 0 Å². The maximum absolute atomic E-state index is 5.94. The lowest BCUT2D eigenvalue weighted by molar-refractivity contribution is 0.740. The normalized spacial score (nSPS) is 12.6. The first kappa shape index (κ1) is 11.8. The molecule has 0 bridgehead atoms. The topological polar surface area (TPSA) is 38.9 Å². The molecule has 1 atom stereocenters. The average Bonchev–Trinajstić information content (AvgIpc) is 2.13. The Kier molecular flexibility index (Phi) is 4.20. The fourth-order valence-corrected chi connectivity index (χ4v) is 1.87. The third-order valence-electron chi connectivity index (χ3n) is 1.76. The van der Waals surface area contributed by atoms with Crippen LogP contribution in [0.4, 0.5) is 0 Å². The van der Waals surface area contributed by atoms with Crippen molar-refractivity contribution in [1.29, 1.82) is 0 Å². The highest BCUT2D eigenvalue weighted by Gasteiger charge is 2.16. The Morgan fingerprint density at radius 2 is 2.14 bits per heavy atom. The SMILES string of the molecule is C=CC[C@@H](N)c1c(Cl)cnc(Cl)c1Cl. The average molecular weight is 252 g/mol. The summed E-state index contributed by atoms with van der Waals surface area (Å²) in [6.07, 6.45) is 3.72. The number of nitrogens with two attached hydrogens (primary N) is 1. The molecule has 0 aliphatic carbocycles. The number of aromatic nitrogens is 1. The highest BCUT2D eigenvalue weighted by Crippen LogP contribution is 2.34. The predicted octanol–water partition coefficient (Wildman–Crippen LogP) is 3.62. The van der Waals surface area contributed by atoms with Crippen molar-refractivity contribution in [2.24, 2.45) is 5.73 Å². The summed E-state index contributed by atoms with van der Waals surface area (Å²) >= 11 is 17.6. The number of hydrogen-bond donors (Lipinski definition) is 1. The van der Waals surface area contributed by atoms with Crippen LogP contribution in [-0.4, -0.2) is 4.98 Å². The first-order chi connectivity index (χ1) is 6.57. The van der Waals surface area contributed by atoms with E-state index in [0.717, 1.165) is 0 Å². The number of rotatable bonds is 3. The van der Waals surface area contributed by atoms with Crippen molar-refractivity contribution >= 4 is 34.8 Å². The van der Waals surface area contributed by atoms with Gasteiger partial charge in [0.2, 0.25) is 0 Å². The second kappa shape index (κ2) is 4.99. The molecule has 1 aromatic heterocycles. The van der Waals surface area contributed by atoms with Gasteiger partial charge in [-0.2, -0.15) is 0 Å². The highest BCUT2D eigenvalue weighted by atomic mass is 35.5. The molecule has 2 nitrogen and oxygen atoms in total. The molecule has 0 saturated heterocycles. The van der Waals surface area contributed by atoms with Crippen molar-refractivity contribution in [3.63, 3.8) is 0 Å². The molecule has 0 aliphatic heterocycles. The van der Waals surface area contributed by atoms with Crippen LogP contribution >= 0.6 is 34.8 Å². The van der Waals surface area contributed by atoms with Gasteiger partial charge in [-0.25, -0.2) is 4.98 Å². The predicted molar refractivity (Wildman–Crippen MR) is 61.0 cm³/mol. The van der Waals surface area contributed by atoms with Gasteiger partial charge in [0.1, 0.15) is 5.15 Å². The zero-order chi connectivity index (χ0) is 10.7. The van der Waals surface area contributed by atoms with Crippen LogP contribution in [-0.2, 0) is 0 Å². The highest BCUT2D eigenvalue weighted by molar-refractivity contribution is 6.43. The van der Waals surface area contributed by atoms with Crippen LogP contribution in [0.5, 0.6) is 0 Å². The van der Waals surface area contributed by atoms with E-state index < -0.39 is 0 Å². The number of pyridine rings is 1. The molecule has 2 N–H and O–H groups in total. The fourth-order valence-electron chi connectivity index (χ4n) is 1.09. The van der Waals surface area contributed by atoms with Crippen molar-refractivity contribution in [2.75, 3.05) is 0 Å². The van der Waals surface area contributed by atoms with E-state index >= 15 is 0 Å². The maximum Gasteiger partial charge on any atom is 0.148 e. The summed E-state index contributed by atoms with van der Waals surface area (Å²) in [7, 11) is 0. The van der Waals surface area contributed by atoms with Gasteiger partial charge in [-0.3, -0.25) is 0 Å². The molecule has 5 heteroatoms. The van der Waals surface area contributed by atoms with Crippen LogP contribution < -0.4 is 5.73 Å². The summed E-state index contributed by atoms with van der Waals surface area (Å²) < 4.78 is 0. The molecule has 0 fully saturated rings. The Morgan fingerprint density at radius 1 is 1.50 bits per heavy atom. The molecule has 0 amide bonds. The van der Waals surface area contributed by atoms with E-state index in [0.29, 0.717) is 22.0 Å². The van der Waals surface area contributed by atoms with Crippen molar-refractivity contribution in [3.05, 3.63) is 39.6 Å². The van der Waals surface area contributed by atoms with Crippen molar-refractivity contribution in [2.45, 2.75) is 12.5 Å². The van der Waals surface area contributed by atoms with E-state index in [1.807, 2.05) is 0 Å². The summed E-state index contributed by atoms with van der Waals surface area (Å²) in [4.78, 5) is 3.80. The van der Waals surface area contributed by atoms with Crippen LogP contribution in [0.15, 0.2) is 18.9 Å². The second-order valence-electron chi connectivity index (χ2n) is 2.76. The van der Waals surface area contributed by atoms with Crippen LogP contribution in [0.1, 0.15) is 18.0 Å². The number of hydrogen-bond acceptors (Lipinski definition) is 2. The van der Waals surface area contributed by atoms with E-state index in [1.165, 1.54) is 6.20 Å². The number of halogens is 3. The first-order valence-electron chi connectivity index (χ1n) is 3.93. The van der Waals surface area contributed by atoms with Crippen LogP contribution in [0.3, 0.4) is 0 Å². The number of nitrogens with zero attached hydrogens (tertiary/aromatic N) is 1. The van der Waals surface area contributed by atoms with Crippen LogP contribution in [0, 0.1) is 0 Å². The van der Waals surface area contributed by atoms with Crippen molar-refractivity contribution in [1.82, 2.24) is 4.98 Å². The van der Waals surface area contributed by atoms with Crippen molar-refractivity contribution in [3.8, 4) is 0 Å². The molecule has 1 heterocycles. The third kappa shape index (κ3) is 2.39. The first-order valence-corrected chi connectivity index (χ1v) is 5.07. The van der Waals surface area contributed by atoms with Gasteiger partial charge in [0, 0.05) is 17.8 Å². The second-order valence-corrected chi connectivity index (χ2v) is 3.90. The Labute approximate surface area is 97.7 Å². The van der Waals surface area contributed by atoms with Crippen molar-refractivity contribution < 1.29 is 0 Å². The van der Waals surface area contributed by atoms with Gasteiger partial charge in [-0.05, 0) is 6.42 Å². The van der Waals surface area contributed by atoms with Gasteiger partial charge in [-0.15, -0.1) is 6.58 Å².